The van der Waals surface area contributed by atoms with E-state index in [2.05, 4.69) is 11.0 Å². The summed E-state index contributed by atoms with van der Waals surface area (Å²) in [7, 11) is 0. The summed E-state index contributed by atoms with van der Waals surface area (Å²) in [5, 5.41) is 8.28. The van der Waals surface area contributed by atoms with Crippen LogP contribution in [0, 0.1) is 16.3 Å². The Morgan fingerprint density at radius 3 is 3.11 bits per heavy atom. The molecule has 9 heavy (non-hydrogen) atoms. The summed E-state index contributed by atoms with van der Waals surface area (Å²) in [5.74, 6) is 0. The van der Waals surface area contributed by atoms with E-state index in [-0.39, 0.29) is 15.0 Å². The minimum atomic E-state index is -0.0161. The fraction of sp³-hybridized carbons (Fsp3) is 0. The first-order chi connectivity index (χ1) is 4.43. The fourth-order valence-corrected chi connectivity index (χ4v) is 1.29. The van der Waals surface area contributed by atoms with E-state index >= 15 is 0 Å². The second-order valence-corrected chi connectivity index (χ2v) is 3.23. The first-order valence-electron chi connectivity index (χ1n) is 2.45. The zero-order valence-electron chi connectivity index (χ0n) is 4.66. The van der Waals surface area contributed by atoms with Crippen LogP contribution >= 0.6 is 0 Å². The maximum atomic E-state index is 8.28. The molecule has 0 unspecified atom stereocenters. The van der Waals surface area contributed by atoms with Gasteiger partial charge in [-0.3, -0.25) is 0 Å². The molecular formula is C7H4NSe. The Morgan fingerprint density at radius 1 is 1.67 bits per heavy atom. The van der Waals surface area contributed by atoms with Crippen LogP contribution in [0.5, 0.6) is 0 Å². The van der Waals surface area contributed by atoms with Crippen LogP contribution in [0.3, 0.4) is 0 Å². The van der Waals surface area contributed by atoms with Gasteiger partial charge in [0.15, 0.2) is 0 Å². The van der Waals surface area contributed by atoms with Gasteiger partial charge in [0.2, 0.25) is 0 Å². The normalized spacial score (nSPS) is 8.33. The third-order valence-electron chi connectivity index (χ3n) is 0.842. The van der Waals surface area contributed by atoms with E-state index in [9.17, 15) is 0 Å². The van der Waals surface area contributed by atoms with E-state index in [0.717, 1.165) is 4.46 Å². The maximum absolute atomic E-state index is 8.28. The van der Waals surface area contributed by atoms with Gasteiger partial charge in [-0.05, 0) is 0 Å². The van der Waals surface area contributed by atoms with E-state index in [1.807, 2.05) is 24.3 Å². The van der Waals surface area contributed by atoms with Gasteiger partial charge in [0.05, 0.1) is 0 Å². The number of hydrogen-bond donors (Lipinski definition) is 0. The molecule has 0 atom stereocenters. The first-order valence-corrected chi connectivity index (χ1v) is 4.17. The molecule has 0 aliphatic carbocycles. The molecule has 0 fully saturated rings. The Morgan fingerprint density at radius 2 is 2.56 bits per heavy atom. The van der Waals surface area contributed by atoms with Crippen LogP contribution < -0.4 is 4.46 Å². The van der Waals surface area contributed by atoms with E-state index in [4.69, 9.17) is 5.26 Å². The molecule has 0 aliphatic heterocycles. The Labute approximate surface area is 60.5 Å². The molecular weight excluding hydrogens is 177 g/mol. The first kappa shape index (κ1) is 6.35. The van der Waals surface area contributed by atoms with E-state index in [1.54, 1.807) is 0 Å². The second kappa shape index (κ2) is 3.29. The van der Waals surface area contributed by atoms with Gasteiger partial charge in [-0.25, -0.2) is 0 Å². The molecule has 0 N–H and O–H groups in total. The van der Waals surface area contributed by atoms with Gasteiger partial charge >= 0.3 is 60.0 Å². The van der Waals surface area contributed by atoms with Crippen LogP contribution in [0.1, 0.15) is 0 Å². The van der Waals surface area contributed by atoms with Crippen LogP contribution in [0.15, 0.2) is 24.3 Å². The van der Waals surface area contributed by atoms with Crippen molar-refractivity contribution in [1.29, 1.82) is 5.26 Å². The summed E-state index contributed by atoms with van der Waals surface area (Å²) in [6.07, 6.45) is 0. The molecule has 1 nitrogen and oxygen atoms in total. The minimum absolute atomic E-state index is 0.0161. The zero-order valence-corrected chi connectivity index (χ0v) is 6.38. The van der Waals surface area contributed by atoms with Crippen LogP contribution in [-0.4, -0.2) is 15.0 Å². The molecule has 1 rings (SSSR count). The zero-order chi connectivity index (χ0) is 6.53. The Hall–Kier alpha value is -0.771. The van der Waals surface area contributed by atoms with Crippen molar-refractivity contribution in [1.82, 2.24) is 0 Å². The number of benzene rings is 1. The summed E-state index contributed by atoms with van der Waals surface area (Å²) in [5.41, 5.74) is 0. The molecule has 1 aromatic carbocycles. The molecule has 0 heterocycles. The fourth-order valence-electron chi connectivity index (χ4n) is 0.493. The van der Waals surface area contributed by atoms with Crippen LogP contribution in [0.25, 0.3) is 0 Å². The van der Waals surface area contributed by atoms with Crippen molar-refractivity contribution in [2.75, 3.05) is 0 Å². The van der Waals surface area contributed by atoms with Gasteiger partial charge in [-0.15, -0.1) is 0 Å². The second-order valence-electron chi connectivity index (χ2n) is 1.43. The van der Waals surface area contributed by atoms with Crippen molar-refractivity contribution in [3.63, 3.8) is 0 Å². The van der Waals surface area contributed by atoms with Gasteiger partial charge in [0.1, 0.15) is 0 Å². The van der Waals surface area contributed by atoms with Crippen molar-refractivity contribution < 1.29 is 0 Å². The predicted octanol–water partition coefficient (Wildman–Crippen LogP) is 0.297. The van der Waals surface area contributed by atoms with Crippen molar-refractivity contribution in [3.8, 4) is 4.97 Å². The summed E-state index contributed by atoms with van der Waals surface area (Å²) < 4.78 is 1.09. The molecule has 43 valence electrons. The Kier molecular flexibility index (Phi) is 2.32. The van der Waals surface area contributed by atoms with Crippen molar-refractivity contribution in [2.45, 2.75) is 0 Å². The molecule has 0 spiro atoms. The summed E-state index contributed by atoms with van der Waals surface area (Å²) in [4.78, 5) is 2.13. The average Bonchev–Trinajstić information content (AvgIpc) is 1.91. The standard InChI is InChI=1S/C7H4NSe/c8-6-9-7-4-2-1-3-5-7/h1-2,4-5H. The number of hydrogen-bond acceptors (Lipinski definition) is 1. The van der Waals surface area contributed by atoms with Gasteiger partial charge in [0, 0.05) is 0 Å². The van der Waals surface area contributed by atoms with Crippen LogP contribution in [0.2, 0.25) is 0 Å². The summed E-state index contributed by atoms with van der Waals surface area (Å²) in [6.45, 7) is 0. The topological polar surface area (TPSA) is 23.8 Å². The molecule has 0 aliphatic rings. The average molecular weight is 181 g/mol. The molecule has 0 bridgehead atoms. The molecule has 0 amide bonds. The third-order valence-corrected chi connectivity index (χ3v) is 2.06. The molecule has 0 aromatic heterocycles. The summed E-state index contributed by atoms with van der Waals surface area (Å²) >= 11 is -0.0161. The Balaban J connectivity index is 2.76. The van der Waals surface area contributed by atoms with Crippen molar-refractivity contribution in [3.05, 3.63) is 30.3 Å². The van der Waals surface area contributed by atoms with Gasteiger partial charge < -0.3 is 0 Å². The van der Waals surface area contributed by atoms with Crippen molar-refractivity contribution >= 4 is 19.4 Å². The monoisotopic (exact) mass is 182 g/mol. The molecule has 0 saturated carbocycles. The molecule has 2 heteroatoms. The third kappa shape index (κ3) is 1.89. The quantitative estimate of drug-likeness (QED) is 0.571. The van der Waals surface area contributed by atoms with Crippen LogP contribution in [0.4, 0.5) is 0 Å². The molecule has 1 aromatic rings. The van der Waals surface area contributed by atoms with E-state index in [0.29, 0.717) is 0 Å². The molecule has 1 radical (unpaired) electrons. The predicted molar refractivity (Wildman–Crippen MR) is 36.3 cm³/mol. The van der Waals surface area contributed by atoms with E-state index in [1.165, 1.54) is 0 Å². The number of nitrogens with zero attached hydrogens (tertiary/aromatic N) is 1. The molecule has 0 saturated heterocycles. The van der Waals surface area contributed by atoms with Gasteiger partial charge in [-0.2, -0.15) is 0 Å². The number of rotatable bonds is 1. The van der Waals surface area contributed by atoms with E-state index < -0.39 is 0 Å². The van der Waals surface area contributed by atoms with Crippen LogP contribution in [-0.2, 0) is 0 Å². The number of nitriles is 1. The van der Waals surface area contributed by atoms with Gasteiger partial charge in [0.25, 0.3) is 0 Å². The SMILES string of the molecule is N#C[Se]c1c[c]ccc1. The summed E-state index contributed by atoms with van der Waals surface area (Å²) in [6, 6.07) is 10.4. The van der Waals surface area contributed by atoms with Gasteiger partial charge in [-0.1, -0.05) is 0 Å². The van der Waals surface area contributed by atoms with Crippen molar-refractivity contribution in [2.24, 2.45) is 0 Å². The Bertz CT molecular complexity index is 212.